The monoisotopic (exact) mass is 741 g/mol. The van der Waals surface area contributed by atoms with Crippen LogP contribution in [0.3, 0.4) is 0 Å². The number of rotatable bonds is 35. The van der Waals surface area contributed by atoms with Crippen molar-refractivity contribution in [2.45, 2.75) is 237 Å². The summed E-state index contributed by atoms with van der Waals surface area (Å²) in [4.78, 5) is 28.6. The molecule has 1 saturated heterocycles. The molecule has 0 radical (unpaired) electrons. The predicted octanol–water partition coefficient (Wildman–Crippen LogP) is 7.38. The third kappa shape index (κ3) is 22.2. The number of aliphatic hydroxyl groups excluding tert-OH is 3. The van der Waals surface area contributed by atoms with Gasteiger partial charge in [-0.2, -0.15) is 0 Å². The van der Waals surface area contributed by atoms with Crippen LogP contribution in [0.5, 0.6) is 0 Å². The zero-order valence-corrected chi connectivity index (χ0v) is 33.8. The minimum Gasteiger partial charge on any atom is -0.394 e. The van der Waals surface area contributed by atoms with Crippen molar-refractivity contribution in [2.75, 3.05) is 19.7 Å². The van der Waals surface area contributed by atoms with Gasteiger partial charge < -0.3 is 41.7 Å². The van der Waals surface area contributed by atoms with Crippen LogP contribution in [0.15, 0.2) is 0 Å². The van der Waals surface area contributed by atoms with Crippen LogP contribution in [0.2, 0.25) is 0 Å². The lowest BCUT2D eigenvalue weighted by molar-refractivity contribution is -0.231. The Hall–Kier alpha value is -1.30. The molecule has 6 atom stereocenters. The zero-order valence-electron chi connectivity index (χ0n) is 33.8. The average molecular weight is 741 g/mol. The smallest absolute Gasteiger partial charge is 0.237 e. The van der Waals surface area contributed by atoms with Crippen LogP contribution in [-0.4, -0.2) is 88.4 Å². The quantitative estimate of drug-likeness (QED) is 0.0366. The second kappa shape index (κ2) is 33.1. The van der Waals surface area contributed by atoms with Gasteiger partial charge in [-0.05, 0) is 32.2 Å². The first kappa shape index (κ1) is 48.7. The molecule has 0 aliphatic carbocycles. The van der Waals surface area contributed by atoms with Gasteiger partial charge in [0.15, 0.2) is 6.23 Å². The van der Waals surface area contributed by atoms with Crippen molar-refractivity contribution in [1.29, 1.82) is 0 Å². The lowest BCUT2D eigenvalue weighted by Crippen LogP contribution is -2.69. The molecule has 1 heterocycles. The first-order valence-corrected chi connectivity index (χ1v) is 22.0. The fourth-order valence-electron chi connectivity index (χ4n) is 7.39. The molecule has 0 saturated carbocycles. The lowest BCUT2D eigenvalue weighted by atomic mass is 9.94. The number of nitrogens with zero attached hydrogens (tertiary/aromatic N) is 1. The van der Waals surface area contributed by atoms with E-state index in [0.29, 0.717) is 32.4 Å². The van der Waals surface area contributed by atoms with Crippen LogP contribution >= 0.6 is 0 Å². The molecule has 8 N–H and O–H groups in total. The van der Waals surface area contributed by atoms with E-state index in [1.54, 1.807) is 4.90 Å². The number of carbonyl (C=O) groups is 2. The second-order valence-electron chi connectivity index (χ2n) is 15.6. The van der Waals surface area contributed by atoms with Crippen molar-refractivity contribution < 1.29 is 29.6 Å². The molecular formula is C42H84N4O6. The van der Waals surface area contributed by atoms with Crippen molar-refractivity contribution >= 4 is 11.8 Å². The molecule has 0 unspecified atom stereocenters. The van der Waals surface area contributed by atoms with Crippen molar-refractivity contribution in [1.82, 2.24) is 10.2 Å². The molecule has 2 amide bonds. The average Bonchev–Trinajstić information content (AvgIpc) is 3.14. The highest BCUT2D eigenvalue weighted by molar-refractivity contribution is 5.82. The predicted molar refractivity (Wildman–Crippen MR) is 214 cm³/mol. The highest BCUT2D eigenvalue weighted by Crippen LogP contribution is 2.26. The maximum atomic E-state index is 13.9. The van der Waals surface area contributed by atoms with Gasteiger partial charge in [-0.25, -0.2) is 0 Å². The molecule has 1 rings (SSSR count). The van der Waals surface area contributed by atoms with E-state index in [1.807, 2.05) is 0 Å². The summed E-state index contributed by atoms with van der Waals surface area (Å²) in [7, 11) is 0. The third-order valence-corrected chi connectivity index (χ3v) is 10.9. The van der Waals surface area contributed by atoms with Crippen molar-refractivity contribution in [2.24, 2.45) is 11.5 Å². The summed E-state index contributed by atoms with van der Waals surface area (Å²) in [5, 5.41) is 34.8. The highest BCUT2D eigenvalue weighted by Gasteiger charge is 2.48. The number of carbonyl (C=O) groups excluding carboxylic acids is 2. The normalized spacial score (nSPS) is 20.9. The summed E-state index contributed by atoms with van der Waals surface area (Å²) in [5.41, 5.74) is 11.8. The first-order chi connectivity index (χ1) is 25.3. The Morgan fingerprint density at radius 2 is 1.10 bits per heavy atom. The van der Waals surface area contributed by atoms with Crippen LogP contribution in [-0.2, 0) is 14.3 Å². The van der Waals surface area contributed by atoms with Crippen molar-refractivity contribution in [3.63, 3.8) is 0 Å². The molecule has 1 aliphatic heterocycles. The molecule has 308 valence electrons. The van der Waals surface area contributed by atoms with Gasteiger partial charge in [0.2, 0.25) is 11.8 Å². The molecule has 1 aliphatic rings. The molecule has 0 spiro atoms. The Bertz CT molecular complexity index is 851. The number of aliphatic hydroxyl groups is 3. The van der Waals surface area contributed by atoms with Gasteiger partial charge in [-0.15, -0.1) is 0 Å². The van der Waals surface area contributed by atoms with E-state index >= 15 is 0 Å². The summed E-state index contributed by atoms with van der Waals surface area (Å²) >= 11 is 0. The highest BCUT2D eigenvalue weighted by atomic mass is 16.5. The molecule has 10 nitrogen and oxygen atoms in total. The Morgan fingerprint density at radius 3 is 1.54 bits per heavy atom. The Balaban J connectivity index is 2.72. The van der Waals surface area contributed by atoms with E-state index in [4.69, 9.17) is 16.2 Å². The fraction of sp³-hybridized carbons (Fsp3) is 0.952. The fourth-order valence-corrected chi connectivity index (χ4v) is 7.39. The van der Waals surface area contributed by atoms with E-state index < -0.39 is 49.1 Å². The molecule has 52 heavy (non-hydrogen) atoms. The number of unbranched alkanes of at least 4 members (excludes halogenated alkanes) is 24. The lowest BCUT2D eigenvalue weighted by Gasteiger charge is -2.47. The van der Waals surface area contributed by atoms with Gasteiger partial charge in [0.1, 0.15) is 24.4 Å². The Labute approximate surface area is 319 Å². The van der Waals surface area contributed by atoms with Crippen LogP contribution in [0.25, 0.3) is 0 Å². The number of nitrogens with two attached hydrogens (primary N) is 2. The molecule has 0 aromatic rings. The van der Waals surface area contributed by atoms with Crippen LogP contribution in [0.4, 0.5) is 0 Å². The van der Waals surface area contributed by atoms with Crippen LogP contribution in [0, 0.1) is 0 Å². The Morgan fingerprint density at radius 1 is 0.654 bits per heavy atom. The third-order valence-electron chi connectivity index (χ3n) is 10.9. The minimum absolute atomic E-state index is 0.0966. The first-order valence-electron chi connectivity index (χ1n) is 22.0. The van der Waals surface area contributed by atoms with E-state index in [9.17, 15) is 24.9 Å². The number of hydrogen-bond donors (Lipinski definition) is 6. The summed E-state index contributed by atoms with van der Waals surface area (Å²) < 4.78 is 6.14. The number of nitrogens with one attached hydrogen (secondary N) is 1. The summed E-state index contributed by atoms with van der Waals surface area (Å²) in [6.07, 6.45) is 27.6. The van der Waals surface area contributed by atoms with Crippen molar-refractivity contribution in [3.8, 4) is 0 Å². The van der Waals surface area contributed by atoms with E-state index in [0.717, 1.165) is 44.9 Å². The topological polar surface area (TPSA) is 171 Å². The number of ether oxygens (including phenoxy) is 1. The zero-order chi connectivity index (χ0) is 38.2. The number of amides is 2. The summed E-state index contributed by atoms with van der Waals surface area (Å²) in [5.74, 6) is -0.571. The molecule has 0 aromatic carbocycles. The van der Waals surface area contributed by atoms with Gasteiger partial charge in [0.05, 0.1) is 12.6 Å². The maximum absolute atomic E-state index is 13.9. The van der Waals surface area contributed by atoms with Gasteiger partial charge in [-0.3, -0.25) is 9.59 Å². The molecule has 1 fully saturated rings. The van der Waals surface area contributed by atoms with Gasteiger partial charge >= 0.3 is 0 Å². The molecular weight excluding hydrogens is 656 g/mol. The van der Waals surface area contributed by atoms with Gasteiger partial charge in [0, 0.05) is 13.0 Å². The summed E-state index contributed by atoms with van der Waals surface area (Å²) in [6, 6.07) is -1.91. The SMILES string of the molecule is CCCCCCCCCCCCCCCCCCN(C(=O)CCCCCCCCCCC)[C@@H]1O[C@H](CO)[C@@H](O)[C@H](O)[C@H]1NC(=O)[C@@H](N)CCCCN. The number of hydrogen-bond acceptors (Lipinski definition) is 8. The van der Waals surface area contributed by atoms with Crippen LogP contribution < -0.4 is 16.8 Å². The Kier molecular flexibility index (Phi) is 31.0. The minimum atomic E-state index is -1.44. The van der Waals surface area contributed by atoms with Gasteiger partial charge in [0.25, 0.3) is 0 Å². The maximum Gasteiger partial charge on any atom is 0.237 e. The molecule has 10 heteroatoms. The summed E-state index contributed by atoms with van der Waals surface area (Å²) in [6.45, 7) is 4.89. The largest absolute Gasteiger partial charge is 0.394 e. The second-order valence-corrected chi connectivity index (χ2v) is 15.6. The van der Waals surface area contributed by atoms with Crippen molar-refractivity contribution in [3.05, 3.63) is 0 Å². The van der Waals surface area contributed by atoms with E-state index in [1.165, 1.54) is 122 Å². The molecule has 0 aromatic heterocycles. The van der Waals surface area contributed by atoms with E-state index in [2.05, 4.69) is 19.2 Å². The van der Waals surface area contributed by atoms with Crippen LogP contribution in [0.1, 0.15) is 200 Å². The molecule has 0 bridgehead atoms. The van der Waals surface area contributed by atoms with Gasteiger partial charge in [-0.1, -0.05) is 168 Å². The standard InChI is InChI=1S/C42H84N4O6/c1-3-5-7-9-11-13-14-15-16-17-18-19-21-23-25-29-33-46(37(48)31-26-24-22-20-12-10-8-6-4-2)42-38(40(50)39(49)36(34-47)52-42)45-41(51)35(44)30-27-28-32-43/h35-36,38-40,42,47,49-50H,3-34,43-44H2,1-2H3,(H,45,51)/t35-,36+,38+,39+,40+,42+/m0/s1. The van der Waals surface area contributed by atoms with E-state index in [-0.39, 0.29) is 5.91 Å².